The molecule has 1 aromatic heterocycles. The Balaban J connectivity index is 2.09. The first-order chi connectivity index (χ1) is 14.5. The van der Waals surface area contributed by atoms with Crippen molar-refractivity contribution in [2.24, 2.45) is 0 Å². The number of hydrogen-bond donors (Lipinski definition) is 0. The number of nitrogens with zero attached hydrogens (tertiary/aromatic N) is 2. The summed E-state index contributed by atoms with van der Waals surface area (Å²) in [5, 5.41) is 0. The van der Waals surface area contributed by atoms with E-state index in [2.05, 4.69) is 25.7 Å². The molecule has 3 aromatic rings. The lowest BCUT2D eigenvalue weighted by atomic mass is 10.1. The summed E-state index contributed by atoms with van der Waals surface area (Å²) in [6, 6.07) is 12.9. The second kappa shape index (κ2) is 9.49. The molecule has 0 saturated heterocycles. The number of pyridine rings is 1. The predicted octanol–water partition coefficient (Wildman–Crippen LogP) is 4.63. The van der Waals surface area contributed by atoms with Gasteiger partial charge in [0.25, 0.3) is 5.91 Å². The summed E-state index contributed by atoms with van der Waals surface area (Å²) in [5.74, 6) is -1.46. The van der Waals surface area contributed by atoms with Crippen molar-refractivity contribution in [1.82, 2.24) is 4.98 Å². The zero-order valence-corrected chi connectivity index (χ0v) is 17.8. The number of rotatable bonds is 6. The molecule has 0 unspecified atom stereocenters. The normalized spacial score (nSPS) is 10.4. The maximum absolute atomic E-state index is 15.2. The number of carbonyl (C=O) groups excluding carboxylic acids is 2. The van der Waals surface area contributed by atoms with Gasteiger partial charge in [0.1, 0.15) is 5.75 Å². The summed E-state index contributed by atoms with van der Waals surface area (Å²) in [4.78, 5) is 30.5. The van der Waals surface area contributed by atoms with Gasteiger partial charge in [-0.05, 0) is 51.8 Å². The Hall–Kier alpha value is -3.26. The number of benzene rings is 2. The second-order valence-electron chi connectivity index (χ2n) is 6.23. The summed E-state index contributed by atoms with van der Waals surface area (Å²) >= 11 is 3.32. The number of ether oxygens (including phenoxy) is 2. The Morgan fingerprint density at radius 2 is 1.80 bits per heavy atom. The number of methoxy groups -OCH3 is 2. The van der Waals surface area contributed by atoms with Gasteiger partial charge in [-0.15, -0.1) is 0 Å². The lowest BCUT2D eigenvalue weighted by Crippen LogP contribution is -2.32. The molecule has 0 atom stereocenters. The first-order valence-corrected chi connectivity index (χ1v) is 9.66. The summed E-state index contributed by atoms with van der Waals surface area (Å²) in [6.07, 6.45) is 2.96. The van der Waals surface area contributed by atoms with Crippen LogP contribution >= 0.6 is 15.9 Å². The highest BCUT2D eigenvalue weighted by molar-refractivity contribution is 9.10. The molecule has 0 aliphatic heterocycles. The van der Waals surface area contributed by atoms with Crippen molar-refractivity contribution in [2.45, 2.75) is 6.54 Å². The molecular formula is C22H18BrFN2O4. The molecule has 0 saturated carbocycles. The third-order valence-electron chi connectivity index (χ3n) is 4.42. The molecule has 0 radical (unpaired) electrons. The predicted molar refractivity (Wildman–Crippen MR) is 113 cm³/mol. The van der Waals surface area contributed by atoms with Crippen LogP contribution in [0, 0.1) is 5.82 Å². The molecule has 1 heterocycles. The number of aromatic nitrogens is 1. The van der Waals surface area contributed by atoms with Gasteiger partial charge in [0.15, 0.2) is 5.82 Å². The quantitative estimate of drug-likeness (QED) is 0.489. The first kappa shape index (κ1) is 21.4. The zero-order valence-electron chi connectivity index (χ0n) is 16.3. The largest absolute Gasteiger partial charge is 0.497 e. The molecule has 0 aliphatic rings. The van der Waals surface area contributed by atoms with E-state index in [4.69, 9.17) is 4.74 Å². The highest BCUT2D eigenvalue weighted by Crippen LogP contribution is 2.28. The number of halogens is 2. The minimum absolute atomic E-state index is 0.0394. The average Bonchev–Trinajstić information content (AvgIpc) is 2.77. The van der Waals surface area contributed by atoms with Crippen LogP contribution in [-0.4, -0.2) is 31.1 Å². The van der Waals surface area contributed by atoms with Crippen LogP contribution in [0.4, 0.5) is 10.1 Å². The molecule has 2 aromatic carbocycles. The summed E-state index contributed by atoms with van der Waals surface area (Å²) < 4.78 is 25.5. The third-order valence-corrected chi connectivity index (χ3v) is 5.05. The first-order valence-electron chi connectivity index (χ1n) is 8.87. The van der Waals surface area contributed by atoms with Crippen LogP contribution in [0.2, 0.25) is 0 Å². The van der Waals surface area contributed by atoms with E-state index in [-0.39, 0.29) is 17.8 Å². The number of esters is 1. The van der Waals surface area contributed by atoms with E-state index in [0.29, 0.717) is 15.8 Å². The van der Waals surface area contributed by atoms with Crippen LogP contribution in [0.25, 0.3) is 0 Å². The van der Waals surface area contributed by atoms with Gasteiger partial charge in [0.05, 0.1) is 37.6 Å². The molecule has 0 aliphatic carbocycles. The molecule has 3 rings (SSSR count). The number of carbonyl (C=O) groups is 2. The van der Waals surface area contributed by atoms with Gasteiger partial charge in [-0.2, -0.15) is 0 Å². The second-order valence-corrected chi connectivity index (χ2v) is 7.08. The SMILES string of the molecule is COC(=O)c1cccc(N(Cc2ccc(OC)cc2)C(=O)c2ccncc2Br)c1F. The van der Waals surface area contributed by atoms with Crippen LogP contribution in [0.5, 0.6) is 5.75 Å². The highest BCUT2D eigenvalue weighted by Gasteiger charge is 2.26. The highest BCUT2D eigenvalue weighted by atomic mass is 79.9. The molecule has 0 N–H and O–H groups in total. The van der Waals surface area contributed by atoms with Crippen molar-refractivity contribution in [1.29, 1.82) is 0 Å². The van der Waals surface area contributed by atoms with Crippen LogP contribution < -0.4 is 9.64 Å². The Morgan fingerprint density at radius 3 is 2.43 bits per heavy atom. The fourth-order valence-electron chi connectivity index (χ4n) is 2.87. The third kappa shape index (κ3) is 4.49. The van der Waals surface area contributed by atoms with Crippen LogP contribution in [-0.2, 0) is 11.3 Å². The van der Waals surface area contributed by atoms with Gasteiger partial charge < -0.3 is 14.4 Å². The maximum atomic E-state index is 15.2. The molecular weight excluding hydrogens is 455 g/mol. The van der Waals surface area contributed by atoms with E-state index in [1.165, 1.54) is 48.7 Å². The number of hydrogen-bond acceptors (Lipinski definition) is 5. The van der Waals surface area contributed by atoms with Gasteiger partial charge in [-0.3, -0.25) is 9.78 Å². The van der Waals surface area contributed by atoms with Gasteiger partial charge in [0, 0.05) is 16.9 Å². The van der Waals surface area contributed by atoms with E-state index < -0.39 is 17.7 Å². The molecule has 0 fully saturated rings. The van der Waals surface area contributed by atoms with E-state index in [1.807, 2.05) is 0 Å². The minimum Gasteiger partial charge on any atom is -0.497 e. The molecule has 154 valence electrons. The van der Waals surface area contributed by atoms with E-state index in [1.54, 1.807) is 31.4 Å². The fourth-order valence-corrected chi connectivity index (χ4v) is 3.29. The summed E-state index contributed by atoms with van der Waals surface area (Å²) in [6.45, 7) is 0.0686. The van der Waals surface area contributed by atoms with Crippen LogP contribution in [0.15, 0.2) is 65.4 Å². The van der Waals surface area contributed by atoms with Crippen LogP contribution in [0.1, 0.15) is 26.3 Å². The molecule has 8 heteroatoms. The number of anilines is 1. The van der Waals surface area contributed by atoms with Crippen molar-refractivity contribution in [3.05, 3.63) is 87.9 Å². The average molecular weight is 473 g/mol. The van der Waals surface area contributed by atoms with E-state index in [0.717, 1.165) is 5.56 Å². The summed E-state index contributed by atoms with van der Waals surface area (Å²) in [5.41, 5.74) is 0.761. The van der Waals surface area contributed by atoms with Gasteiger partial charge in [0.2, 0.25) is 0 Å². The standard InChI is InChI=1S/C22H18BrFN2O4/c1-29-15-8-6-14(7-9-15)13-26(21(27)16-10-11-25-12-18(16)23)19-5-3-4-17(20(19)24)22(28)30-2/h3-12H,13H2,1-2H3. The lowest BCUT2D eigenvalue weighted by Gasteiger charge is -2.25. The molecule has 30 heavy (non-hydrogen) atoms. The Bertz CT molecular complexity index is 1070. The minimum atomic E-state index is -0.837. The Morgan fingerprint density at radius 1 is 1.07 bits per heavy atom. The zero-order chi connectivity index (χ0) is 21.7. The fraction of sp³-hybridized carbons (Fsp3) is 0.136. The van der Waals surface area contributed by atoms with Crippen molar-refractivity contribution in [3.8, 4) is 5.75 Å². The van der Waals surface area contributed by atoms with Gasteiger partial charge in [-0.25, -0.2) is 9.18 Å². The Kier molecular flexibility index (Phi) is 6.79. The Labute approximate surface area is 181 Å². The van der Waals surface area contributed by atoms with Crippen molar-refractivity contribution in [3.63, 3.8) is 0 Å². The van der Waals surface area contributed by atoms with Crippen molar-refractivity contribution in [2.75, 3.05) is 19.1 Å². The van der Waals surface area contributed by atoms with E-state index in [9.17, 15) is 9.59 Å². The molecule has 1 amide bonds. The van der Waals surface area contributed by atoms with E-state index >= 15 is 4.39 Å². The smallest absolute Gasteiger partial charge is 0.340 e. The van der Waals surface area contributed by atoms with Crippen molar-refractivity contribution >= 4 is 33.5 Å². The molecule has 0 spiro atoms. The summed E-state index contributed by atoms with van der Waals surface area (Å²) in [7, 11) is 2.72. The van der Waals surface area contributed by atoms with Gasteiger partial charge in [-0.1, -0.05) is 18.2 Å². The number of amides is 1. The molecule has 0 bridgehead atoms. The van der Waals surface area contributed by atoms with Crippen LogP contribution in [0.3, 0.4) is 0 Å². The molecule has 6 nitrogen and oxygen atoms in total. The lowest BCUT2D eigenvalue weighted by molar-refractivity contribution is 0.0595. The van der Waals surface area contributed by atoms with Crippen molar-refractivity contribution < 1.29 is 23.5 Å². The maximum Gasteiger partial charge on any atom is 0.340 e. The monoisotopic (exact) mass is 472 g/mol. The van der Waals surface area contributed by atoms with Gasteiger partial charge >= 0.3 is 5.97 Å². The topological polar surface area (TPSA) is 68.7 Å².